The molecule has 3 heteroatoms. The SMILES string of the molecule is NNCCCCCCCCCCO. The lowest BCUT2D eigenvalue weighted by atomic mass is 10.1. The first-order chi connectivity index (χ1) is 6.41. The van der Waals surface area contributed by atoms with E-state index >= 15 is 0 Å². The molecule has 0 amide bonds. The monoisotopic (exact) mass is 188 g/mol. The van der Waals surface area contributed by atoms with Crippen LogP contribution in [0.1, 0.15) is 51.4 Å². The van der Waals surface area contributed by atoms with E-state index in [1.807, 2.05) is 0 Å². The molecule has 0 aliphatic rings. The minimum atomic E-state index is 0.349. The molecule has 0 atom stereocenters. The van der Waals surface area contributed by atoms with Gasteiger partial charge >= 0.3 is 0 Å². The third-order valence-electron chi connectivity index (χ3n) is 2.23. The molecule has 0 spiro atoms. The zero-order valence-electron chi connectivity index (χ0n) is 8.60. The Morgan fingerprint density at radius 3 is 1.69 bits per heavy atom. The van der Waals surface area contributed by atoms with Gasteiger partial charge < -0.3 is 5.11 Å². The normalized spacial score (nSPS) is 10.6. The van der Waals surface area contributed by atoms with E-state index < -0.39 is 0 Å². The molecule has 0 saturated heterocycles. The molecule has 0 fully saturated rings. The van der Waals surface area contributed by atoms with E-state index in [1.165, 1.54) is 44.9 Å². The number of hydrogen-bond donors (Lipinski definition) is 3. The van der Waals surface area contributed by atoms with Crippen LogP contribution in [-0.4, -0.2) is 18.3 Å². The Morgan fingerprint density at radius 1 is 0.769 bits per heavy atom. The molecule has 80 valence electrons. The first kappa shape index (κ1) is 12.9. The molecule has 0 aromatic rings. The van der Waals surface area contributed by atoms with Crippen LogP contribution in [0.3, 0.4) is 0 Å². The van der Waals surface area contributed by atoms with Crippen LogP contribution in [0.15, 0.2) is 0 Å². The van der Waals surface area contributed by atoms with Crippen molar-refractivity contribution in [2.75, 3.05) is 13.2 Å². The maximum absolute atomic E-state index is 8.55. The summed E-state index contributed by atoms with van der Waals surface area (Å²) in [6.07, 6.45) is 9.86. The lowest BCUT2D eigenvalue weighted by Gasteiger charge is -2.01. The highest BCUT2D eigenvalue weighted by Gasteiger charge is 1.91. The number of aliphatic hydroxyl groups is 1. The predicted octanol–water partition coefficient (Wildman–Crippen LogP) is 1.56. The van der Waals surface area contributed by atoms with E-state index in [1.54, 1.807) is 0 Å². The fourth-order valence-corrected chi connectivity index (χ4v) is 1.40. The Hall–Kier alpha value is -0.120. The summed E-state index contributed by atoms with van der Waals surface area (Å²) >= 11 is 0. The van der Waals surface area contributed by atoms with Crippen LogP contribution in [0.25, 0.3) is 0 Å². The highest BCUT2D eigenvalue weighted by molar-refractivity contribution is 4.47. The van der Waals surface area contributed by atoms with Crippen LogP contribution in [0.4, 0.5) is 0 Å². The second-order valence-electron chi connectivity index (χ2n) is 3.51. The fourth-order valence-electron chi connectivity index (χ4n) is 1.40. The van der Waals surface area contributed by atoms with Crippen molar-refractivity contribution in [3.05, 3.63) is 0 Å². The lowest BCUT2D eigenvalue weighted by Crippen LogP contribution is -2.22. The van der Waals surface area contributed by atoms with Gasteiger partial charge in [-0.05, 0) is 12.8 Å². The third-order valence-corrected chi connectivity index (χ3v) is 2.23. The van der Waals surface area contributed by atoms with Crippen molar-refractivity contribution < 1.29 is 5.11 Å². The lowest BCUT2D eigenvalue weighted by molar-refractivity contribution is 0.282. The molecule has 0 aliphatic heterocycles. The summed E-state index contributed by atoms with van der Waals surface area (Å²) in [5, 5.41) is 8.55. The second-order valence-corrected chi connectivity index (χ2v) is 3.51. The Morgan fingerprint density at radius 2 is 1.23 bits per heavy atom. The Kier molecular flexibility index (Phi) is 11.8. The minimum absolute atomic E-state index is 0.349. The minimum Gasteiger partial charge on any atom is -0.396 e. The molecule has 13 heavy (non-hydrogen) atoms. The standard InChI is InChI=1S/C10H24N2O/c11-12-9-7-5-3-1-2-4-6-8-10-13/h12-13H,1-11H2. The molecular formula is C10H24N2O. The average Bonchev–Trinajstić information content (AvgIpc) is 2.16. The van der Waals surface area contributed by atoms with Gasteiger partial charge in [-0.1, -0.05) is 38.5 Å². The topological polar surface area (TPSA) is 58.3 Å². The molecule has 0 rings (SSSR count). The molecule has 0 heterocycles. The van der Waals surface area contributed by atoms with Gasteiger partial charge in [-0.15, -0.1) is 0 Å². The molecule has 0 radical (unpaired) electrons. The Labute approximate surface area is 81.7 Å². The van der Waals surface area contributed by atoms with Gasteiger partial charge in [-0.3, -0.25) is 11.3 Å². The van der Waals surface area contributed by atoms with Gasteiger partial charge in [0.2, 0.25) is 0 Å². The van der Waals surface area contributed by atoms with Gasteiger partial charge in [0.15, 0.2) is 0 Å². The summed E-state index contributed by atoms with van der Waals surface area (Å²) in [5.41, 5.74) is 2.66. The number of aliphatic hydroxyl groups excluding tert-OH is 1. The second kappa shape index (κ2) is 11.9. The maximum atomic E-state index is 8.55. The van der Waals surface area contributed by atoms with Crippen molar-refractivity contribution in [2.24, 2.45) is 5.84 Å². The van der Waals surface area contributed by atoms with Crippen molar-refractivity contribution in [1.29, 1.82) is 0 Å². The summed E-state index contributed by atoms with van der Waals surface area (Å²) < 4.78 is 0. The van der Waals surface area contributed by atoms with Gasteiger partial charge in [-0.25, -0.2) is 0 Å². The van der Waals surface area contributed by atoms with E-state index in [9.17, 15) is 0 Å². The Bertz CT molecular complexity index is 79.0. The highest BCUT2D eigenvalue weighted by atomic mass is 16.2. The maximum Gasteiger partial charge on any atom is 0.0431 e. The number of unbranched alkanes of at least 4 members (excludes halogenated alkanes) is 7. The molecule has 0 aromatic heterocycles. The van der Waals surface area contributed by atoms with Crippen molar-refractivity contribution in [2.45, 2.75) is 51.4 Å². The van der Waals surface area contributed by atoms with Gasteiger partial charge in [0.05, 0.1) is 0 Å². The molecule has 0 aliphatic carbocycles. The van der Waals surface area contributed by atoms with Crippen molar-refractivity contribution in [3.63, 3.8) is 0 Å². The average molecular weight is 188 g/mol. The van der Waals surface area contributed by atoms with Crippen molar-refractivity contribution >= 4 is 0 Å². The van der Waals surface area contributed by atoms with Gasteiger partial charge in [0.1, 0.15) is 0 Å². The predicted molar refractivity (Wildman–Crippen MR) is 56.2 cm³/mol. The summed E-state index contributed by atoms with van der Waals surface area (Å²) in [4.78, 5) is 0. The Balaban J connectivity index is 2.76. The molecule has 0 bridgehead atoms. The summed E-state index contributed by atoms with van der Waals surface area (Å²) in [5.74, 6) is 5.15. The molecular weight excluding hydrogens is 164 g/mol. The summed E-state index contributed by atoms with van der Waals surface area (Å²) in [6, 6.07) is 0. The van der Waals surface area contributed by atoms with Crippen LogP contribution in [-0.2, 0) is 0 Å². The zero-order chi connectivity index (χ0) is 9.78. The van der Waals surface area contributed by atoms with Crippen molar-refractivity contribution in [3.8, 4) is 0 Å². The summed E-state index contributed by atoms with van der Waals surface area (Å²) in [6.45, 7) is 1.28. The quantitative estimate of drug-likeness (QED) is 0.277. The van der Waals surface area contributed by atoms with Gasteiger partial charge in [0.25, 0.3) is 0 Å². The summed E-state index contributed by atoms with van der Waals surface area (Å²) in [7, 11) is 0. The first-order valence-electron chi connectivity index (χ1n) is 5.46. The van der Waals surface area contributed by atoms with Gasteiger partial charge in [-0.2, -0.15) is 0 Å². The highest BCUT2D eigenvalue weighted by Crippen LogP contribution is 2.07. The molecule has 0 aromatic carbocycles. The van der Waals surface area contributed by atoms with Gasteiger partial charge in [0, 0.05) is 13.2 Å². The van der Waals surface area contributed by atoms with E-state index in [0.717, 1.165) is 13.0 Å². The van der Waals surface area contributed by atoms with Crippen LogP contribution < -0.4 is 11.3 Å². The fraction of sp³-hybridized carbons (Fsp3) is 1.00. The zero-order valence-corrected chi connectivity index (χ0v) is 8.60. The van der Waals surface area contributed by atoms with Crippen LogP contribution in [0, 0.1) is 0 Å². The number of nitrogens with two attached hydrogens (primary N) is 1. The number of hydrazine groups is 1. The van der Waals surface area contributed by atoms with E-state index in [0.29, 0.717) is 6.61 Å². The smallest absolute Gasteiger partial charge is 0.0431 e. The first-order valence-corrected chi connectivity index (χ1v) is 5.46. The molecule has 4 N–H and O–H groups in total. The van der Waals surface area contributed by atoms with E-state index in [-0.39, 0.29) is 0 Å². The largest absolute Gasteiger partial charge is 0.396 e. The number of hydrogen-bond acceptors (Lipinski definition) is 3. The van der Waals surface area contributed by atoms with Crippen LogP contribution in [0.5, 0.6) is 0 Å². The third kappa shape index (κ3) is 11.9. The molecule has 0 saturated carbocycles. The number of rotatable bonds is 10. The van der Waals surface area contributed by atoms with Crippen LogP contribution >= 0.6 is 0 Å². The van der Waals surface area contributed by atoms with Crippen molar-refractivity contribution in [1.82, 2.24) is 5.43 Å². The van der Waals surface area contributed by atoms with E-state index in [2.05, 4.69) is 5.43 Å². The molecule has 0 unspecified atom stereocenters. The van der Waals surface area contributed by atoms with Crippen LogP contribution in [0.2, 0.25) is 0 Å². The number of nitrogens with one attached hydrogen (secondary N) is 1. The molecule has 3 nitrogen and oxygen atoms in total. The van der Waals surface area contributed by atoms with E-state index in [4.69, 9.17) is 10.9 Å².